The molecule has 0 amide bonds. The summed E-state index contributed by atoms with van der Waals surface area (Å²) in [6, 6.07) is 2.64. The van der Waals surface area contributed by atoms with Crippen LogP contribution in [0.1, 0.15) is 44.6 Å². The normalized spacial score (nSPS) is 19.4. The van der Waals surface area contributed by atoms with Crippen LogP contribution in [0.2, 0.25) is 0 Å². The van der Waals surface area contributed by atoms with Gasteiger partial charge >= 0.3 is 0 Å². The molecule has 2 rings (SSSR count). The Morgan fingerprint density at radius 3 is 2.75 bits per heavy atom. The summed E-state index contributed by atoms with van der Waals surface area (Å²) in [6.45, 7) is 4.44. The molecule has 16 heavy (non-hydrogen) atoms. The van der Waals surface area contributed by atoms with E-state index in [1.54, 1.807) is 0 Å². The Labute approximate surface area is 98.5 Å². The highest BCUT2D eigenvalue weighted by Gasteiger charge is 2.20. The lowest BCUT2D eigenvalue weighted by atomic mass is 9.84. The van der Waals surface area contributed by atoms with E-state index in [1.807, 2.05) is 12.4 Å². The molecule has 2 nitrogen and oxygen atoms in total. The van der Waals surface area contributed by atoms with Gasteiger partial charge in [0.15, 0.2) is 0 Å². The van der Waals surface area contributed by atoms with Crippen molar-refractivity contribution in [1.29, 1.82) is 0 Å². The van der Waals surface area contributed by atoms with Gasteiger partial charge in [-0.05, 0) is 44.2 Å². The third kappa shape index (κ3) is 2.75. The number of rotatable bonds is 3. The van der Waals surface area contributed by atoms with Crippen molar-refractivity contribution in [3.63, 3.8) is 0 Å². The largest absolute Gasteiger partial charge is 0.381 e. The van der Waals surface area contributed by atoms with Crippen LogP contribution < -0.4 is 5.32 Å². The predicted molar refractivity (Wildman–Crippen MR) is 68.6 cm³/mol. The lowest BCUT2D eigenvalue weighted by Crippen LogP contribution is -2.28. The summed E-state index contributed by atoms with van der Waals surface area (Å²) in [4.78, 5) is 4.18. The standard InChI is InChI=1S/C14H22N2/c1-11-8-9-15-10-14(11)16-12(2)13-6-4-3-5-7-13/h8-10,12-13,16H,3-7H2,1-2H3. The molecule has 1 atom stereocenters. The number of hydrogen-bond acceptors (Lipinski definition) is 2. The molecule has 0 aromatic carbocycles. The van der Waals surface area contributed by atoms with Gasteiger partial charge in [0.1, 0.15) is 0 Å². The van der Waals surface area contributed by atoms with Crippen LogP contribution in [0, 0.1) is 12.8 Å². The molecule has 1 aromatic heterocycles. The summed E-state index contributed by atoms with van der Waals surface area (Å²) in [6.07, 6.45) is 10.8. The number of anilines is 1. The molecule has 1 aliphatic rings. The van der Waals surface area contributed by atoms with Gasteiger partial charge in [0, 0.05) is 12.2 Å². The first-order valence-electron chi connectivity index (χ1n) is 6.44. The van der Waals surface area contributed by atoms with E-state index < -0.39 is 0 Å². The summed E-state index contributed by atoms with van der Waals surface area (Å²) >= 11 is 0. The highest BCUT2D eigenvalue weighted by Crippen LogP contribution is 2.28. The number of nitrogens with zero attached hydrogens (tertiary/aromatic N) is 1. The number of nitrogens with one attached hydrogen (secondary N) is 1. The van der Waals surface area contributed by atoms with Crippen molar-refractivity contribution < 1.29 is 0 Å². The van der Waals surface area contributed by atoms with Crippen LogP contribution in [0.5, 0.6) is 0 Å². The fourth-order valence-corrected chi connectivity index (χ4v) is 2.61. The Bertz CT molecular complexity index is 329. The zero-order chi connectivity index (χ0) is 11.4. The van der Waals surface area contributed by atoms with E-state index in [0.717, 1.165) is 5.92 Å². The Hall–Kier alpha value is -1.05. The maximum absolute atomic E-state index is 4.18. The average molecular weight is 218 g/mol. The second-order valence-corrected chi connectivity index (χ2v) is 5.02. The number of aryl methyl sites for hydroxylation is 1. The van der Waals surface area contributed by atoms with Crippen LogP contribution >= 0.6 is 0 Å². The summed E-state index contributed by atoms with van der Waals surface area (Å²) in [7, 11) is 0. The summed E-state index contributed by atoms with van der Waals surface area (Å²) in [5, 5.41) is 3.62. The van der Waals surface area contributed by atoms with Crippen LogP contribution in [0.15, 0.2) is 18.5 Å². The van der Waals surface area contributed by atoms with Crippen molar-refractivity contribution in [2.24, 2.45) is 5.92 Å². The molecule has 1 fully saturated rings. The molecule has 1 saturated carbocycles. The van der Waals surface area contributed by atoms with Crippen LogP contribution in [0.3, 0.4) is 0 Å². The highest BCUT2D eigenvalue weighted by atomic mass is 14.9. The zero-order valence-electron chi connectivity index (χ0n) is 10.4. The van der Waals surface area contributed by atoms with E-state index in [0.29, 0.717) is 6.04 Å². The molecule has 0 bridgehead atoms. The third-order valence-corrected chi connectivity index (χ3v) is 3.78. The monoisotopic (exact) mass is 218 g/mol. The summed E-state index contributed by atoms with van der Waals surface area (Å²) < 4.78 is 0. The second kappa shape index (κ2) is 5.33. The molecule has 88 valence electrons. The molecular weight excluding hydrogens is 196 g/mol. The molecule has 0 spiro atoms. The maximum Gasteiger partial charge on any atom is 0.0558 e. The molecule has 2 heteroatoms. The number of aromatic nitrogens is 1. The molecular formula is C14H22N2. The molecule has 1 heterocycles. The molecule has 1 unspecified atom stereocenters. The first kappa shape index (κ1) is 11.4. The van der Waals surface area contributed by atoms with E-state index >= 15 is 0 Å². The highest BCUT2D eigenvalue weighted by molar-refractivity contribution is 5.48. The fraction of sp³-hybridized carbons (Fsp3) is 0.643. The van der Waals surface area contributed by atoms with Crippen molar-refractivity contribution in [2.75, 3.05) is 5.32 Å². The van der Waals surface area contributed by atoms with E-state index in [4.69, 9.17) is 0 Å². The predicted octanol–water partition coefficient (Wildman–Crippen LogP) is 3.77. The van der Waals surface area contributed by atoms with Gasteiger partial charge in [0.2, 0.25) is 0 Å². The molecule has 0 saturated heterocycles. The summed E-state index contributed by atoms with van der Waals surface area (Å²) in [5.41, 5.74) is 2.48. The average Bonchev–Trinajstić information content (AvgIpc) is 2.33. The number of hydrogen-bond donors (Lipinski definition) is 1. The first-order chi connectivity index (χ1) is 7.77. The van der Waals surface area contributed by atoms with Crippen LogP contribution in [-0.2, 0) is 0 Å². The first-order valence-corrected chi connectivity index (χ1v) is 6.44. The van der Waals surface area contributed by atoms with Gasteiger partial charge < -0.3 is 5.32 Å². The van der Waals surface area contributed by atoms with E-state index in [-0.39, 0.29) is 0 Å². The molecule has 1 aromatic rings. The Balaban J connectivity index is 1.96. The van der Waals surface area contributed by atoms with Crippen molar-refractivity contribution in [3.05, 3.63) is 24.0 Å². The van der Waals surface area contributed by atoms with Crippen LogP contribution in [-0.4, -0.2) is 11.0 Å². The Morgan fingerprint density at radius 1 is 1.31 bits per heavy atom. The molecule has 1 N–H and O–H groups in total. The molecule has 0 radical (unpaired) electrons. The lowest BCUT2D eigenvalue weighted by molar-refractivity contribution is 0.328. The third-order valence-electron chi connectivity index (χ3n) is 3.78. The van der Waals surface area contributed by atoms with Gasteiger partial charge in [0.05, 0.1) is 11.9 Å². The van der Waals surface area contributed by atoms with Crippen molar-refractivity contribution in [3.8, 4) is 0 Å². The van der Waals surface area contributed by atoms with E-state index in [2.05, 4.69) is 30.2 Å². The van der Waals surface area contributed by atoms with Crippen molar-refractivity contribution in [2.45, 2.75) is 52.0 Å². The second-order valence-electron chi connectivity index (χ2n) is 5.02. The van der Waals surface area contributed by atoms with Gasteiger partial charge in [-0.2, -0.15) is 0 Å². The lowest BCUT2D eigenvalue weighted by Gasteiger charge is -2.29. The smallest absolute Gasteiger partial charge is 0.0558 e. The number of pyridine rings is 1. The van der Waals surface area contributed by atoms with Crippen LogP contribution in [0.4, 0.5) is 5.69 Å². The van der Waals surface area contributed by atoms with Gasteiger partial charge in [-0.1, -0.05) is 19.3 Å². The van der Waals surface area contributed by atoms with E-state index in [9.17, 15) is 0 Å². The van der Waals surface area contributed by atoms with Gasteiger partial charge in [-0.15, -0.1) is 0 Å². The minimum atomic E-state index is 0.572. The van der Waals surface area contributed by atoms with E-state index in [1.165, 1.54) is 43.4 Å². The minimum absolute atomic E-state index is 0.572. The van der Waals surface area contributed by atoms with Crippen molar-refractivity contribution in [1.82, 2.24) is 4.98 Å². The van der Waals surface area contributed by atoms with Gasteiger partial charge in [-0.25, -0.2) is 0 Å². The minimum Gasteiger partial charge on any atom is -0.381 e. The fourth-order valence-electron chi connectivity index (χ4n) is 2.61. The quantitative estimate of drug-likeness (QED) is 0.835. The maximum atomic E-state index is 4.18. The van der Waals surface area contributed by atoms with Crippen molar-refractivity contribution >= 4 is 5.69 Å². The van der Waals surface area contributed by atoms with Gasteiger partial charge in [0.25, 0.3) is 0 Å². The Morgan fingerprint density at radius 2 is 2.06 bits per heavy atom. The molecule has 0 aliphatic heterocycles. The molecule has 1 aliphatic carbocycles. The Kier molecular flexibility index (Phi) is 3.81. The van der Waals surface area contributed by atoms with Crippen LogP contribution in [0.25, 0.3) is 0 Å². The topological polar surface area (TPSA) is 24.9 Å². The van der Waals surface area contributed by atoms with Gasteiger partial charge in [-0.3, -0.25) is 4.98 Å². The zero-order valence-corrected chi connectivity index (χ0v) is 10.4. The summed E-state index contributed by atoms with van der Waals surface area (Å²) in [5.74, 6) is 0.841. The SMILES string of the molecule is Cc1ccncc1NC(C)C1CCCCC1.